The van der Waals surface area contributed by atoms with Crippen molar-refractivity contribution in [1.82, 2.24) is 4.90 Å². The maximum atomic E-state index is 11.9. The van der Waals surface area contributed by atoms with E-state index in [9.17, 15) is 4.79 Å². The van der Waals surface area contributed by atoms with Crippen LogP contribution in [0.3, 0.4) is 0 Å². The van der Waals surface area contributed by atoms with Gasteiger partial charge in [-0.25, -0.2) is 4.79 Å². The van der Waals surface area contributed by atoms with Gasteiger partial charge in [-0.1, -0.05) is 36.4 Å². The number of hydrogen-bond donors (Lipinski definition) is 0. The van der Waals surface area contributed by atoms with Gasteiger partial charge in [0, 0.05) is 19.7 Å². The molecule has 0 atom stereocenters. The molecule has 0 fully saturated rings. The average molecular weight is 313 g/mol. The molecule has 2 aromatic carbocycles. The third-order valence-corrected chi connectivity index (χ3v) is 3.37. The Morgan fingerprint density at radius 3 is 2.22 bits per heavy atom. The van der Waals surface area contributed by atoms with Crippen LogP contribution in [0, 0.1) is 0 Å². The number of hydrogen-bond acceptors (Lipinski definition) is 2. The normalized spacial score (nSPS) is 11.2. The highest BCUT2D eigenvalue weighted by atomic mass is 16.6. The fourth-order valence-electron chi connectivity index (χ4n) is 2.31. The first-order valence-electron chi connectivity index (χ1n) is 7.64. The maximum Gasteiger partial charge on any atom is 0.414 e. The van der Waals surface area contributed by atoms with Crippen molar-refractivity contribution in [3.8, 4) is 16.9 Å². The summed E-state index contributed by atoms with van der Waals surface area (Å²) < 4.78 is 6.28. The second-order valence-electron chi connectivity index (χ2n) is 6.90. The molecule has 0 saturated heterocycles. The second-order valence-corrected chi connectivity index (χ2v) is 6.90. The van der Waals surface area contributed by atoms with Gasteiger partial charge in [-0.2, -0.15) is 0 Å². The first-order chi connectivity index (χ1) is 10.8. The zero-order valence-corrected chi connectivity index (χ0v) is 14.5. The van der Waals surface area contributed by atoms with Gasteiger partial charge in [0.05, 0.1) is 21.1 Å². The topological polar surface area (TPSA) is 29.5 Å². The van der Waals surface area contributed by atoms with Gasteiger partial charge in [0.15, 0.2) is 0 Å². The van der Waals surface area contributed by atoms with Crippen molar-refractivity contribution in [2.24, 2.45) is 0 Å². The molecule has 0 aromatic heterocycles. The summed E-state index contributed by atoms with van der Waals surface area (Å²) in [6, 6.07) is 16.2. The molecule has 1 amide bonds. The molecule has 0 aliphatic rings. The maximum absolute atomic E-state index is 11.9. The van der Waals surface area contributed by atoms with Crippen molar-refractivity contribution in [3.05, 3.63) is 54.1 Å². The highest BCUT2D eigenvalue weighted by Crippen LogP contribution is 2.28. The molecule has 4 nitrogen and oxygen atoms in total. The van der Waals surface area contributed by atoms with Crippen LogP contribution in [0.25, 0.3) is 11.1 Å². The molecule has 0 N–H and O–H groups in total. The van der Waals surface area contributed by atoms with Gasteiger partial charge in [-0.05, 0) is 23.3 Å². The van der Waals surface area contributed by atoms with E-state index in [1.54, 1.807) is 14.1 Å². The summed E-state index contributed by atoms with van der Waals surface area (Å²) >= 11 is 0. The number of nitrogens with zero attached hydrogens (tertiary/aromatic N) is 2. The van der Waals surface area contributed by atoms with Crippen LogP contribution in [-0.4, -0.2) is 50.7 Å². The zero-order valence-electron chi connectivity index (χ0n) is 14.5. The Morgan fingerprint density at radius 2 is 1.65 bits per heavy atom. The van der Waals surface area contributed by atoms with Gasteiger partial charge in [0.2, 0.25) is 0 Å². The van der Waals surface area contributed by atoms with Crippen LogP contribution in [0.2, 0.25) is 0 Å². The highest BCUT2D eigenvalue weighted by Gasteiger charge is 2.17. The second kappa shape index (κ2) is 6.84. The van der Waals surface area contributed by atoms with Gasteiger partial charge < -0.3 is 14.1 Å². The Labute approximate surface area is 138 Å². The van der Waals surface area contributed by atoms with Crippen LogP contribution < -0.4 is 4.74 Å². The van der Waals surface area contributed by atoms with Crippen LogP contribution >= 0.6 is 0 Å². The summed E-state index contributed by atoms with van der Waals surface area (Å²) in [4.78, 5) is 13.3. The first kappa shape index (κ1) is 17.0. The third-order valence-electron chi connectivity index (χ3n) is 3.37. The fraction of sp³-hybridized carbons (Fsp3) is 0.316. The van der Waals surface area contributed by atoms with Crippen LogP contribution in [0.5, 0.6) is 5.75 Å². The average Bonchev–Trinajstić information content (AvgIpc) is 2.48. The molecule has 2 rings (SSSR count). The van der Waals surface area contributed by atoms with E-state index >= 15 is 0 Å². The number of rotatable bonds is 4. The smallest absolute Gasteiger partial charge is 0.410 e. The summed E-state index contributed by atoms with van der Waals surface area (Å²) in [7, 11) is 9.71. The standard InChI is InChI=1S/C19H25N2O2/c1-20(2)19(22)23-18-12-11-16(15-9-7-6-8-10-15)13-17(18)14-21(3,4)5/h6-13H,14H2,1-5H3/q+1. The molecule has 0 radical (unpaired) electrons. The number of benzene rings is 2. The molecule has 0 spiro atoms. The monoisotopic (exact) mass is 313 g/mol. The quantitative estimate of drug-likeness (QED) is 0.807. The lowest BCUT2D eigenvalue weighted by atomic mass is 10.0. The molecule has 23 heavy (non-hydrogen) atoms. The third kappa shape index (κ3) is 4.83. The van der Waals surface area contributed by atoms with Crippen LogP contribution in [0.1, 0.15) is 5.56 Å². The minimum Gasteiger partial charge on any atom is -0.410 e. The molecule has 0 saturated carbocycles. The van der Waals surface area contributed by atoms with E-state index < -0.39 is 0 Å². The Balaban J connectivity index is 2.40. The number of carbonyl (C=O) groups is 1. The van der Waals surface area contributed by atoms with E-state index in [0.29, 0.717) is 5.75 Å². The summed E-state index contributed by atoms with van der Waals surface area (Å²) in [5, 5.41) is 0. The van der Waals surface area contributed by atoms with E-state index in [4.69, 9.17) is 4.74 Å². The molecule has 0 aliphatic heterocycles. The van der Waals surface area contributed by atoms with E-state index in [1.165, 1.54) is 4.90 Å². The van der Waals surface area contributed by atoms with Gasteiger partial charge in [0.25, 0.3) is 0 Å². The molecule has 2 aromatic rings. The molecule has 0 bridgehead atoms. The fourth-order valence-corrected chi connectivity index (χ4v) is 2.31. The SMILES string of the molecule is CN(C)C(=O)Oc1ccc(-c2ccccc2)cc1C[N+](C)(C)C. The minimum absolute atomic E-state index is 0.361. The summed E-state index contributed by atoms with van der Waals surface area (Å²) in [6.07, 6.45) is -0.361. The van der Waals surface area contributed by atoms with Crippen LogP contribution in [-0.2, 0) is 6.54 Å². The van der Waals surface area contributed by atoms with Gasteiger partial charge >= 0.3 is 6.09 Å². The summed E-state index contributed by atoms with van der Waals surface area (Å²) in [5.41, 5.74) is 3.30. The predicted octanol–water partition coefficient (Wildman–Crippen LogP) is 3.62. The predicted molar refractivity (Wildman–Crippen MR) is 93.3 cm³/mol. The molecule has 0 unspecified atom stereocenters. The molecular formula is C19H25N2O2+. The lowest BCUT2D eigenvalue weighted by Gasteiger charge is -2.25. The Bertz CT molecular complexity index is 674. The van der Waals surface area contributed by atoms with E-state index in [1.807, 2.05) is 30.3 Å². The van der Waals surface area contributed by atoms with Crippen LogP contribution in [0.15, 0.2) is 48.5 Å². The first-order valence-corrected chi connectivity index (χ1v) is 7.64. The van der Waals surface area contributed by atoms with E-state index in [0.717, 1.165) is 27.7 Å². The summed E-state index contributed by atoms with van der Waals surface area (Å²) in [6.45, 7) is 0.775. The molecule has 0 heterocycles. The highest BCUT2D eigenvalue weighted by molar-refractivity contribution is 5.72. The van der Waals surface area contributed by atoms with Crippen LogP contribution in [0.4, 0.5) is 4.79 Å². The van der Waals surface area contributed by atoms with Crippen molar-refractivity contribution >= 4 is 6.09 Å². The zero-order chi connectivity index (χ0) is 17.0. The lowest BCUT2D eigenvalue weighted by Crippen LogP contribution is -2.34. The molecule has 122 valence electrons. The summed E-state index contributed by atoms with van der Waals surface area (Å²) in [5.74, 6) is 0.622. The Hall–Kier alpha value is -2.33. The lowest BCUT2D eigenvalue weighted by molar-refractivity contribution is -0.884. The van der Waals surface area contributed by atoms with Crippen molar-refractivity contribution in [2.75, 3.05) is 35.2 Å². The number of ether oxygens (including phenoxy) is 1. The molecular weight excluding hydrogens is 288 g/mol. The van der Waals surface area contributed by atoms with E-state index in [2.05, 4.69) is 39.3 Å². The molecule has 4 heteroatoms. The van der Waals surface area contributed by atoms with E-state index in [-0.39, 0.29) is 6.09 Å². The number of carbonyl (C=O) groups excluding carboxylic acids is 1. The van der Waals surface area contributed by atoms with Gasteiger partial charge in [0.1, 0.15) is 12.3 Å². The Morgan fingerprint density at radius 1 is 1.00 bits per heavy atom. The van der Waals surface area contributed by atoms with Gasteiger partial charge in [-0.15, -0.1) is 0 Å². The minimum atomic E-state index is -0.361. The van der Waals surface area contributed by atoms with Crippen molar-refractivity contribution in [3.63, 3.8) is 0 Å². The largest absolute Gasteiger partial charge is 0.414 e. The van der Waals surface area contributed by atoms with Crippen molar-refractivity contribution < 1.29 is 14.0 Å². The van der Waals surface area contributed by atoms with Crippen molar-refractivity contribution in [2.45, 2.75) is 6.54 Å². The van der Waals surface area contributed by atoms with Gasteiger partial charge in [-0.3, -0.25) is 0 Å². The van der Waals surface area contributed by atoms with Crippen molar-refractivity contribution in [1.29, 1.82) is 0 Å². The number of quaternary nitrogens is 1. The Kier molecular flexibility index (Phi) is 5.06. The molecule has 0 aliphatic carbocycles. The number of amides is 1.